The molecule has 0 spiro atoms. The highest BCUT2D eigenvalue weighted by atomic mass is 16.5. The minimum absolute atomic E-state index is 0.00278. The van der Waals surface area contributed by atoms with E-state index < -0.39 is 0 Å². The van der Waals surface area contributed by atoms with E-state index >= 15 is 0 Å². The Balaban J connectivity index is 3.28. The van der Waals surface area contributed by atoms with Crippen LogP contribution in [0, 0.1) is 5.92 Å². The van der Waals surface area contributed by atoms with Gasteiger partial charge in [0.25, 0.3) is 0 Å². The molecule has 1 atom stereocenters. The number of benzene rings is 1. The van der Waals surface area contributed by atoms with Crippen LogP contribution in [-0.2, 0) is 15.6 Å². The molecule has 0 aliphatic carbocycles. The fraction of sp³-hybridized carbons (Fsp3) is 0.741. The molecule has 0 heterocycles. The Morgan fingerprint density at radius 1 is 0.931 bits per heavy atom. The van der Waals surface area contributed by atoms with Crippen LogP contribution >= 0.6 is 0 Å². The van der Waals surface area contributed by atoms with Crippen LogP contribution in [0.5, 0.6) is 5.75 Å². The molecule has 0 saturated carbocycles. The Kier molecular flexibility index (Phi) is 9.92. The first-order valence-corrected chi connectivity index (χ1v) is 11.9. The van der Waals surface area contributed by atoms with Crippen molar-refractivity contribution in [2.24, 2.45) is 5.92 Å². The second-order valence-electron chi connectivity index (χ2n) is 10.2. The van der Waals surface area contributed by atoms with Crippen LogP contribution in [0.15, 0.2) is 18.2 Å². The lowest BCUT2D eigenvalue weighted by atomic mass is 9.76. The fourth-order valence-electron chi connectivity index (χ4n) is 3.52. The highest BCUT2D eigenvalue weighted by molar-refractivity contribution is 5.85. The zero-order valence-corrected chi connectivity index (χ0v) is 20.7. The van der Waals surface area contributed by atoms with Crippen molar-refractivity contribution in [1.29, 1.82) is 0 Å². The largest absolute Gasteiger partial charge is 0.482 e. The van der Waals surface area contributed by atoms with Gasteiger partial charge in [0.15, 0.2) is 11.9 Å². The lowest BCUT2D eigenvalue weighted by Gasteiger charge is -2.32. The molecule has 0 amide bonds. The molecule has 2 heteroatoms. The number of unbranched alkanes of at least 4 members (excludes halogenated alkanes) is 3. The van der Waals surface area contributed by atoms with E-state index in [0.29, 0.717) is 0 Å². The van der Waals surface area contributed by atoms with E-state index in [0.717, 1.165) is 31.4 Å². The molecule has 0 N–H and O–H groups in total. The fourth-order valence-corrected chi connectivity index (χ4v) is 3.52. The molecule has 166 valence electrons. The molecule has 0 aromatic heterocycles. The van der Waals surface area contributed by atoms with Gasteiger partial charge in [-0.25, -0.2) is 0 Å². The molecule has 29 heavy (non-hydrogen) atoms. The van der Waals surface area contributed by atoms with Crippen LogP contribution in [0.25, 0.3) is 0 Å². The number of rotatable bonds is 13. The number of ether oxygens (including phenoxy) is 1. The normalized spacial score (nSPS) is 13.6. The third-order valence-corrected chi connectivity index (χ3v) is 6.73. The summed E-state index contributed by atoms with van der Waals surface area (Å²) < 4.78 is 6.49. The van der Waals surface area contributed by atoms with E-state index in [-0.39, 0.29) is 28.6 Å². The van der Waals surface area contributed by atoms with Crippen LogP contribution in [0.2, 0.25) is 0 Å². The van der Waals surface area contributed by atoms with Crippen molar-refractivity contribution >= 4 is 5.78 Å². The highest BCUT2D eigenvalue weighted by Crippen LogP contribution is 2.39. The topological polar surface area (TPSA) is 26.3 Å². The molecule has 1 aromatic rings. The summed E-state index contributed by atoms with van der Waals surface area (Å²) >= 11 is 0. The van der Waals surface area contributed by atoms with E-state index in [1.54, 1.807) is 0 Å². The summed E-state index contributed by atoms with van der Waals surface area (Å²) in [5, 5.41) is 0. The van der Waals surface area contributed by atoms with Crippen LogP contribution in [0.4, 0.5) is 0 Å². The zero-order valence-electron chi connectivity index (χ0n) is 20.7. The quantitative estimate of drug-likeness (QED) is 0.312. The van der Waals surface area contributed by atoms with Crippen molar-refractivity contribution < 1.29 is 9.53 Å². The van der Waals surface area contributed by atoms with E-state index in [4.69, 9.17) is 4.74 Å². The Labute approximate surface area is 180 Å². The smallest absolute Gasteiger partial charge is 0.175 e. The van der Waals surface area contributed by atoms with Gasteiger partial charge in [-0.3, -0.25) is 4.79 Å². The van der Waals surface area contributed by atoms with Crippen molar-refractivity contribution in [3.63, 3.8) is 0 Å². The monoisotopic (exact) mass is 402 g/mol. The molecule has 0 aliphatic heterocycles. The molecule has 0 saturated heterocycles. The van der Waals surface area contributed by atoms with Gasteiger partial charge in [0.1, 0.15) is 5.75 Å². The lowest BCUT2D eigenvalue weighted by Crippen LogP contribution is -2.32. The van der Waals surface area contributed by atoms with Crippen molar-refractivity contribution in [1.82, 2.24) is 0 Å². The highest BCUT2D eigenvalue weighted by Gasteiger charge is 2.29. The molecule has 0 bridgehead atoms. The van der Waals surface area contributed by atoms with Gasteiger partial charge in [0.05, 0.1) is 0 Å². The summed E-state index contributed by atoms with van der Waals surface area (Å²) in [5.41, 5.74) is 2.71. The number of carbonyl (C=O) groups excluding carboxylic acids is 1. The average Bonchev–Trinajstić information content (AvgIpc) is 2.69. The molecular weight excluding hydrogens is 356 g/mol. The average molecular weight is 403 g/mol. The lowest BCUT2D eigenvalue weighted by molar-refractivity contribution is -0.129. The summed E-state index contributed by atoms with van der Waals surface area (Å²) in [4.78, 5) is 12.9. The maximum atomic E-state index is 12.9. The summed E-state index contributed by atoms with van der Waals surface area (Å²) in [5.74, 6) is 1.11. The maximum Gasteiger partial charge on any atom is 0.175 e. The summed E-state index contributed by atoms with van der Waals surface area (Å²) in [6, 6.07) is 6.64. The van der Waals surface area contributed by atoms with Crippen molar-refractivity contribution in [2.45, 2.75) is 124 Å². The van der Waals surface area contributed by atoms with E-state index in [2.05, 4.69) is 66.7 Å². The summed E-state index contributed by atoms with van der Waals surface area (Å²) in [6.45, 7) is 19.8. The van der Waals surface area contributed by atoms with Crippen LogP contribution in [0.3, 0.4) is 0 Å². The molecule has 1 unspecified atom stereocenters. The molecule has 0 radical (unpaired) electrons. The van der Waals surface area contributed by atoms with Crippen molar-refractivity contribution in [3.8, 4) is 5.75 Å². The third kappa shape index (κ3) is 7.15. The second kappa shape index (κ2) is 11.2. The van der Waals surface area contributed by atoms with Crippen molar-refractivity contribution in [2.75, 3.05) is 0 Å². The molecule has 1 aromatic carbocycles. The Bertz CT molecular complexity index is 640. The number of ketones is 1. The van der Waals surface area contributed by atoms with E-state index in [1.807, 2.05) is 13.8 Å². The van der Waals surface area contributed by atoms with Gasteiger partial charge in [-0.15, -0.1) is 0 Å². The molecule has 0 fully saturated rings. The van der Waals surface area contributed by atoms with Crippen LogP contribution < -0.4 is 4.74 Å². The third-order valence-electron chi connectivity index (χ3n) is 6.73. The molecule has 0 aliphatic rings. The zero-order chi connectivity index (χ0) is 22.2. The first-order valence-electron chi connectivity index (χ1n) is 11.9. The minimum atomic E-state index is -0.344. The SMILES string of the molecule is CCCCCCC(Oc1ccc(C(C)(C)CC)cc1C(C)(C)CC)C(=O)C(C)C. The Hall–Kier alpha value is -1.31. The van der Waals surface area contributed by atoms with E-state index in [1.165, 1.54) is 30.4 Å². The predicted molar refractivity (Wildman–Crippen MR) is 126 cm³/mol. The summed E-state index contributed by atoms with van der Waals surface area (Å²) in [6.07, 6.45) is 7.21. The van der Waals surface area contributed by atoms with Crippen molar-refractivity contribution in [3.05, 3.63) is 29.3 Å². The standard InChI is InChI=1S/C27H46O2/c1-10-13-14-15-16-24(25(28)20(4)5)29-23-18-17-21(26(6,7)11-2)19-22(23)27(8,9)12-3/h17-20,24H,10-16H2,1-9H3. The molecule has 2 nitrogen and oxygen atoms in total. The second-order valence-corrected chi connectivity index (χ2v) is 10.2. The number of hydrogen-bond acceptors (Lipinski definition) is 2. The Morgan fingerprint density at radius 2 is 1.55 bits per heavy atom. The number of Topliss-reactive ketones (excluding diaryl/α,β-unsaturated/α-hetero) is 1. The van der Waals surface area contributed by atoms with Crippen LogP contribution in [-0.4, -0.2) is 11.9 Å². The van der Waals surface area contributed by atoms with Gasteiger partial charge in [-0.1, -0.05) is 93.7 Å². The predicted octanol–water partition coefficient (Wildman–Crippen LogP) is 8.00. The van der Waals surface area contributed by atoms with Crippen LogP contribution in [0.1, 0.15) is 118 Å². The van der Waals surface area contributed by atoms with Gasteiger partial charge >= 0.3 is 0 Å². The van der Waals surface area contributed by atoms with Gasteiger partial charge in [-0.2, -0.15) is 0 Å². The summed E-state index contributed by atoms with van der Waals surface area (Å²) in [7, 11) is 0. The maximum absolute atomic E-state index is 12.9. The first-order chi connectivity index (χ1) is 13.5. The van der Waals surface area contributed by atoms with E-state index in [9.17, 15) is 4.79 Å². The minimum Gasteiger partial charge on any atom is -0.482 e. The van der Waals surface area contributed by atoms with Gasteiger partial charge < -0.3 is 4.74 Å². The number of carbonyl (C=O) groups is 1. The molecule has 1 rings (SSSR count). The van der Waals surface area contributed by atoms with Gasteiger partial charge in [-0.05, 0) is 48.1 Å². The van der Waals surface area contributed by atoms with Gasteiger partial charge in [0.2, 0.25) is 0 Å². The number of hydrogen-bond donors (Lipinski definition) is 0. The molecular formula is C27H46O2. The first kappa shape index (κ1) is 25.7. The van der Waals surface area contributed by atoms with Gasteiger partial charge in [0, 0.05) is 11.5 Å². The Morgan fingerprint density at radius 3 is 2.07 bits per heavy atom.